The quantitative estimate of drug-likeness (QED) is 0.384. The summed E-state index contributed by atoms with van der Waals surface area (Å²) in [6, 6.07) is 6.68. The van der Waals surface area contributed by atoms with Crippen molar-refractivity contribution in [2.75, 3.05) is 26.7 Å². The van der Waals surface area contributed by atoms with Crippen molar-refractivity contribution in [3.05, 3.63) is 53.9 Å². The molecule has 3 aliphatic rings. The lowest BCUT2D eigenvalue weighted by atomic mass is 9.87. The van der Waals surface area contributed by atoms with Gasteiger partial charge in [0.25, 0.3) is 5.92 Å². The van der Waals surface area contributed by atoms with Crippen LogP contribution in [0.4, 0.5) is 22.0 Å². The second-order valence-electron chi connectivity index (χ2n) is 11.7. The third-order valence-electron chi connectivity index (χ3n) is 9.12. The normalized spacial score (nSPS) is 25.6. The van der Waals surface area contributed by atoms with E-state index in [2.05, 4.69) is 4.90 Å². The molecule has 0 bridgehead atoms. The summed E-state index contributed by atoms with van der Waals surface area (Å²) in [5, 5.41) is 0. The van der Waals surface area contributed by atoms with Crippen LogP contribution in [0.5, 0.6) is 0 Å². The summed E-state index contributed by atoms with van der Waals surface area (Å²) < 4.78 is 97.8. The minimum absolute atomic E-state index is 0.0427. The monoisotopic (exact) mass is 616 g/mol. The lowest BCUT2D eigenvalue weighted by molar-refractivity contribution is -0.137. The predicted octanol–water partition coefficient (Wildman–Crippen LogP) is 5.53. The molecule has 1 aromatic carbocycles. The number of likely N-dealkylation sites (tertiary alicyclic amines) is 1. The zero-order valence-electron chi connectivity index (χ0n) is 23.6. The molecule has 0 radical (unpaired) electrons. The molecule has 2 aromatic rings. The zero-order valence-corrected chi connectivity index (χ0v) is 24.4. The van der Waals surface area contributed by atoms with E-state index in [0.29, 0.717) is 37.8 Å². The summed E-state index contributed by atoms with van der Waals surface area (Å²) in [5.41, 5.74) is -0.353. The van der Waals surface area contributed by atoms with Crippen molar-refractivity contribution >= 4 is 15.9 Å². The Balaban J connectivity index is 1.28. The first kappa shape index (κ1) is 30.9. The van der Waals surface area contributed by atoms with Crippen molar-refractivity contribution < 1.29 is 35.2 Å². The minimum atomic E-state index is -4.68. The molecular weight excluding hydrogens is 579 g/mol. The SMILES string of the molecule is CN(C(=O)CCC1c2cccn2CCN1S(=O)(=O)c1cccc(C(F)(F)F)c1)[C@H]1CCC[C@@H](N2CCC(F)(F)CC2)C1. The molecule has 2 fully saturated rings. The first-order valence-corrected chi connectivity index (χ1v) is 15.9. The highest BCUT2D eigenvalue weighted by Crippen LogP contribution is 2.38. The fraction of sp³-hybridized carbons (Fsp3) is 0.621. The van der Waals surface area contributed by atoms with Gasteiger partial charge in [-0.15, -0.1) is 0 Å². The Kier molecular flexibility index (Phi) is 8.75. The van der Waals surface area contributed by atoms with Gasteiger partial charge < -0.3 is 9.47 Å². The van der Waals surface area contributed by atoms with Crippen LogP contribution < -0.4 is 0 Å². The number of fused-ring (bicyclic) bond motifs is 1. The number of carbonyl (C=O) groups is 1. The van der Waals surface area contributed by atoms with Gasteiger partial charge in [-0.25, -0.2) is 17.2 Å². The van der Waals surface area contributed by atoms with E-state index >= 15 is 0 Å². The number of amides is 1. The van der Waals surface area contributed by atoms with Gasteiger partial charge >= 0.3 is 6.18 Å². The third-order valence-corrected chi connectivity index (χ3v) is 11.0. The molecule has 1 amide bonds. The van der Waals surface area contributed by atoms with E-state index in [1.807, 2.05) is 10.8 Å². The highest BCUT2D eigenvalue weighted by Gasteiger charge is 2.40. The van der Waals surface area contributed by atoms with Gasteiger partial charge in [-0.1, -0.05) is 6.07 Å². The summed E-state index contributed by atoms with van der Waals surface area (Å²) in [5.74, 6) is -2.76. The molecule has 5 rings (SSSR count). The molecule has 2 aliphatic heterocycles. The minimum Gasteiger partial charge on any atom is -0.349 e. The molecule has 1 saturated heterocycles. The van der Waals surface area contributed by atoms with E-state index in [4.69, 9.17) is 0 Å². The van der Waals surface area contributed by atoms with Gasteiger partial charge in [-0.05, 0) is 62.4 Å². The molecule has 13 heteroatoms. The number of benzene rings is 1. The number of nitrogens with zero attached hydrogens (tertiary/aromatic N) is 4. The number of sulfonamides is 1. The molecule has 0 spiro atoms. The molecular formula is C29H37F5N4O3S. The van der Waals surface area contributed by atoms with Crippen LogP contribution in [0.1, 0.15) is 68.7 Å². The summed E-state index contributed by atoms with van der Waals surface area (Å²) in [7, 11) is -2.56. The van der Waals surface area contributed by atoms with Crippen LogP contribution in [0.2, 0.25) is 0 Å². The van der Waals surface area contributed by atoms with Crippen LogP contribution in [0, 0.1) is 0 Å². The molecule has 1 saturated carbocycles. The molecule has 1 aromatic heterocycles. The van der Waals surface area contributed by atoms with Crippen molar-refractivity contribution in [1.29, 1.82) is 0 Å². The van der Waals surface area contributed by atoms with Gasteiger partial charge in [-0.2, -0.15) is 17.5 Å². The van der Waals surface area contributed by atoms with E-state index < -0.39 is 38.6 Å². The molecule has 3 heterocycles. The van der Waals surface area contributed by atoms with Crippen molar-refractivity contribution in [2.45, 2.75) is 93.0 Å². The number of hydrogen-bond donors (Lipinski definition) is 0. The predicted molar refractivity (Wildman–Crippen MR) is 146 cm³/mol. The van der Waals surface area contributed by atoms with Gasteiger partial charge in [0.2, 0.25) is 15.9 Å². The van der Waals surface area contributed by atoms with E-state index in [-0.39, 0.29) is 50.2 Å². The largest absolute Gasteiger partial charge is 0.416 e. The van der Waals surface area contributed by atoms with Crippen molar-refractivity contribution in [3.8, 4) is 0 Å². The maximum atomic E-state index is 13.7. The first-order valence-electron chi connectivity index (χ1n) is 14.5. The average Bonchev–Trinajstić information content (AvgIpc) is 3.44. The van der Waals surface area contributed by atoms with Crippen molar-refractivity contribution in [1.82, 2.24) is 18.7 Å². The van der Waals surface area contributed by atoms with E-state index in [0.717, 1.165) is 37.5 Å². The van der Waals surface area contributed by atoms with E-state index in [1.165, 1.54) is 4.31 Å². The molecule has 42 heavy (non-hydrogen) atoms. The zero-order chi connectivity index (χ0) is 30.3. The fourth-order valence-corrected chi connectivity index (χ4v) is 8.34. The Bertz CT molecular complexity index is 1370. The number of carbonyl (C=O) groups excluding carboxylic acids is 1. The number of hydrogen-bond acceptors (Lipinski definition) is 4. The second kappa shape index (κ2) is 11.9. The van der Waals surface area contributed by atoms with E-state index in [1.54, 1.807) is 24.1 Å². The van der Waals surface area contributed by atoms with Crippen molar-refractivity contribution in [3.63, 3.8) is 0 Å². The van der Waals surface area contributed by atoms with Crippen molar-refractivity contribution in [2.24, 2.45) is 0 Å². The third kappa shape index (κ3) is 6.52. The second-order valence-corrected chi connectivity index (χ2v) is 13.6. The van der Waals surface area contributed by atoms with Crippen LogP contribution in [0.15, 0.2) is 47.5 Å². The number of alkyl halides is 5. The van der Waals surface area contributed by atoms with Gasteiger partial charge in [-0.3, -0.25) is 9.69 Å². The average molecular weight is 617 g/mol. The standard InChI is InChI=1S/C29H37F5N4O3S/c1-35(22-6-3-7-23(20-22)36-15-12-28(30,31)13-16-36)27(39)11-10-26-25-9-4-14-37(25)17-18-38(26)42(40,41)24-8-2-5-21(19-24)29(32,33)34/h2,4-5,8-9,14,19,22-23,26H,3,6-7,10-13,15-18,20H2,1H3/t22-,23+,26?/m0/s1. The van der Waals surface area contributed by atoms with Crippen LogP contribution >= 0.6 is 0 Å². The fourth-order valence-electron chi connectivity index (χ4n) is 6.67. The number of rotatable bonds is 7. The smallest absolute Gasteiger partial charge is 0.349 e. The van der Waals surface area contributed by atoms with Crippen LogP contribution in [0.3, 0.4) is 0 Å². The Morgan fingerprint density at radius 3 is 2.50 bits per heavy atom. The molecule has 3 atom stereocenters. The van der Waals surface area contributed by atoms with Crippen LogP contribution in [0.25, 0.3) is 0 Å². The maximum Gasteiger partial charge on any atom is 0.416 e. The lowest BCUT2D eigenvalue weighted by Crippen LogP contribution is -2.50. The van der Waals surface area contributed by atoms with Crippen LogP contribution in [-0.4, -0.2) is 77.7 Å². The maximum absolute atomic E-state index is 13.7. The van der Waals surface area contributed by atoms with Gasteiger partial charge in [0, 0.05) is 76.5 Å². The summed E-state index contributed by atoms with van der Waals surface area (Å²) in [4.78, 5) is 16.8. The summed E-state index contributed by atoms with van der Waals surface area (Å²) >= 11 is 0. The van der Waals surface area contributed by atoms with Gasteiger partial charge in [0.05, 0.1) is 16.5 Å². The Hall–Kier alpha value is -2.51. The highest BCUT2D eigenvalue weighted by atomic mass is 32.2. The highest BCUT2D eigenvalue weighted by molar-refractivity contribution is 7.89. The lowest BCUT2D eigenvalue weighted by Gasteiger charge is -2.43. The van der Waals surface area contributed by atoms with Gasteiger partial charge in [0.1, 0.15) is 0 Å². The molecule has 1 unspecified atom stereocenters. The molecule has 0 N–H and O–H groups in total. The number of halogens is 5. The first-order chi connectivity index (χ1) is 19.8. The topological polar surface area (TPSA) is 65.9 Å². The van der Waals surface area contributed by atoms with Gasteiger partial charge in [0.15, 0.2) is 0 Å². The Morgan fingerprint density at radius 2 is 1.79 bits per heavy atom. The Morgan fingerprint density at radius 1 is 1.05 bits per heavy atom. The molecule has 7 nitrogen and oxygen atoms in total. The number of piperidine rings is 1. The summed E-state index contributed by atoms with van der Waals surface area (Å²) in [6.45, 7) is 1.10. The molecule has 1 aliphatic carbocycles. The number of aromatic nitrogens is 1. The van der Waals surface area contributed by atoms with Crippen LogP contribution in [-0.2, 0) is 27.5 Å². The molecule has 232 valence electrons. The Labute approximate surface area is 243 Å². The van der Waals surface area contributed by atoms with E-state index in [9.17, 15) is 35.2 Å². The summed E-state index contributed by atoms with van der Waals surface area (Å²) in [6.07, 6.45) is 0.378.